The Morgan fingerprint density at radius 3 is 2.23 bits per heavy atom. The average Bonchev–Trinajstić information content (AvgIpc) is 2.64. The van der Waals surface area contributed by atoms with Crippen molar-refractivity contribution in [2.75, 3.05) is 18.4 Å². The number of nitrogens with zero attached hydrogens (tertiary/aromatic N) is 1. The van der Waals surface area contributed by atoms with E-state index < -0.39 is 11.8 Å². The SMILES string of the molecule is O=C(Nc1ccc(F)cc1)N[C@H]1CCCN(C(=O)c2ccc(F)cc2)C1. The number of carbonyl (C=O) groups excluding carboxylic acids is 2. The number of piperidine rings is 1. The summed E-state index contributed by atoms with van der Waals surface area (Å²) in [6, 6.07) is 10.3. The first-order chi connectivity index (χ1) is 12.5. The smallest absolute Gasteiger partial charge is 0.319 e. The van der Waals surface area contributed by atoms with Crippen LogP contribution in [-0.4, -0.2) is 36.0 Å². The van der Waals surface area contributed by atoms with Crippen molar-refractivity contribution >= 4 is 17.6 Å². The Hall–Kier alpha value is -2.96. The number of likely N-dealkylation sites (tertiary alicyclic amines) is 1. The molecule has 3 amide bonds. The molecule has 7 heteroatoms. The molecule has 5 nitrogen and oxygen atoms in total. The van der Waals surface area contributed by atoms with Crippen LogP contribution in [-0.2, 0) is 0 Å². The molecule has 0 bridgehead atoms. The highest BCUT2D eigenvalue weighted by Crippen LogP contribution is 2.15. The largest absolute Gasteiger partial charge is 0.337 e. The molecule has 0 aromatic heterocycles. The van der Waals surface area contributed by atoms with Crippen LogP contribution < -0.4 is 10.6 Å². The van der Waals surface area contributed by atoms with Gasteiger partial charge in [-0.2, -0.15) is 0 Å². The minimum atomic E-state index is -0.405. The van der Waals surface area contributed by atoms with E-state index in [-0.39, 0.29) is 17.8 Å². The van der Waals surface area contributed by atoms with E-state index >= 15 is 0 Å². The molecular weight excluding hydrogens is 340 g/mol. The van der Waals surface area contributed by atoms with Crippen LogP contribution in [0.15, 0.2) is 48.5 Å². The fourth-order valence-corrected chi connectivity index (χ4v) is 2.94. The molecule has 136 valence electrons. The maximum absolute atomic E-state index is 13.0. The lowest BCUT2D eigenvalue weighted by Crippen LogP contribution is -2.50. The lowest BCUT2D eigenvalue weighted by molar-refractivity contribution is 0.0698. The number of anilines is 1. The second-order valence-electron chi connectivity index (χ2n) is 6.20. The van der Waals surface area contributed by atoms with Crippen molar-refractivity contribution in [1.29, 1.82) is 0 Å². The predicted octanol–water partition coefficient (Wildman–Crippen LogP) is 3.39. The Kier molecular flexibility index (Phi) is 5.46. The number of carbonyl (C=O) groups is 2. The summed E-state index contributed by atoms with van der Waals surface area (Å²) in [7, 11) is 0. The molecule has 3 rings (SSSR count). The third-order valence-corrected chi connectivity index (χ3v) is 4.24. The molecule has 1 saturated heterocycles. The minimum absolute atomic E-state index is 0.185. The van der Waals surface area contributed by atoms with Crippen LogP contribution in [0.5, 0.6) is 0 Å². The van der Waals surface area contributed by atoms with Crippen molar-refractivity contribution < 1.29 is 18.4 Å². The molecule has 1 fully saturated rings. The van der Waals surface area contributed by atoms with Crippen molar-refractivity contribution in [1.82, 2.24) is 10.2 Å². The Morgan fingerprint density at radius 2 is 1.58 bits per heavy atom. The fourth-order valence-electron chi connectivity index (χ4n) is 2.94. The summed E-state index contributed by atoms with van der Waals surface area (Å²) >= 11 is 0. The second kappa shape index (κ2) is 7.95. The van der Waals surface area contributed by atoms with Crippen LogP contribution in [0.2, 0.25) is 0 Å². The topological polar surface area (TPSA) is 61.4 Å². The third kappa shape index (κ3) is 4.56. The minimum Gasteiger partial charge on any atom is -0.337 e. The molecule has 1 atom stereocenters. The van der Waals surface area contributed by atoms with E-state index in [0.29, 0.717) is 24.3 Å². The van der Waals surface area contributed by atoms with Gasteiger partial charge in [0.05, 0.1) is 0 Å². The maximum atomic E-state index is 13.0. The fraction of sp³-hybridized carbons (Fsp3) is 0.263. The summed E-state index contributed by atoms with van der Waals surface area (Å²) in [5.41, 5.74) is 0.904. The van der Waals surface area contributed by atoms with Gasteiger partial charge in [-0.3, -0.25) is 4.79 Å². The van der Waals surface area contributed by atoms with Gasteiger partial charge in [-0.05, 0) is 61.4 Å². The van der Waals surface area contributed by atoms with Gasteiger partial charge in [0.2, 0.25) is 0 Å². The number of urea groups is 1. The summed E-state index contributed by atoms with van der Waals surface area (Å²) in [6.45, 7) is 0.973. The van der Waals surface area contributed by atoms with Gasteiger partial charge in [-0.1, -0.05) is 0 Å². The quantitative estimate of drug-likeness (QED) is 0.882. The summed E-state index contributed by atoms with van der Waals surface area (Å²) in [4.78, 5) is 26.2. The molecule has 1 heterocycles. The molecule has 0 saturated carbocycles. The lowest BCUT2D eigenvalue weighted by Gasteiger charge is -2.33. The van der Waals surface area contributed by atoms with E-state index in [1.54, 1.807) is 4.90 Å². The van der Waals surface area contributed by atoms with Gasteiger partial charge in [0.15, 0.2) is 0 Å². The number of rotatable bonds is 3. The lowest BCUT2D eigenvalue weighted by atomic mass is 10.0. The molecule has 1 aliphatic heterocycles. The highest BCUT2D eigenvalue weighted by atomic mass is 19.1. The molecule has 2 aromatic rings. The van der Waals surface area contributed by atoms with Crippen LogP contribution in [0.3, 0.4) is 0 Å². The van der Waals surface area contributed by atoms with Gasteiger partial charge in [0, 0.05) is 30.4 Å². The number of amides is 3. The zero-order valence-corrected chi connectivity index (χ0v) is 14.0. The number of nitrogens with one attached hydrogen (secondary N) is 2. The van der Waals surface area contributed by atoms with Crippen LogP contribution in [0.1, 0.15) is 23.2 Å². The molecule has 0 spiro atoms. The standard InChI is InChI=1S/C19H19F2N3O2/c20-14-5-3-13(4-6-14)18(25)24-11-1-2-17(12-24)23-19(26)22-16-9-7-15(21)8-10-16/h3-10,17H,1-2,11-12H2,(H2,22,23,26)/t17-/m0/s1. The number of hydrogen-bond donors (Lipinski definition) is 2. The summed E-state index contributed by atoms with van der Waals surface area (Å²) in [6.07, 6.45) is 1.51. The number of hydrogen-bond acceptors (Lipinski definition) is 2. The molecule has 0 unspecified atom stereocenters. The Labute approximate surface area is 150 Å². The van der Waals surface area contributed by atoms with Gasteiger partial charge in [0.25, 0.3) is 5.91 Å². The van der Waals surface area contributed by atoms with Crippen molar-refractivity contribution in [2.24, 2.45) is 0 Å². The van der Waals surface area contributed by atoms with Crippen LogP contribution >= 0.6 is 0 Å². The van der Waals surface area contributed by atoms with E-state index in [0.717, 1.165) is 12.8 Å². The molecule has 0 radical (unpaired) electrons. The first-order valence-electron chi connectivity index (χ1n) is 8.39. The van der Waals surface area contributed by atoms with Crippen LogP contribution in [0.4, 0.5) is 19.3 Å². The van der Waals surface area contributed by atoms with E-state index in [1.807, 2.05) is 0 Å². The van der Waals surface area contributed by atoms with E-state index in [1.165, 1.54) is 48.5 Å². The summed E-state index contributed by atoms with van der Waals surface area (Å²) < 4.78 is 25.9. The van der Waals surface area contributed by atoms with Gasteiger partial charge < -0.3 is 15.5 Å². The van der Waals surface area contributed by atoms with Crippen molar-refractivity contribution in [3.05, 3.63) is 65.7 Å². The first kappa shape index (κ1) is 17.8. The third-order valence-electron chi connectivity index (χ3n) is 4.24. The Balaban J connectivity index is 1.56. The van der Waals surface area contributed by atoms with E-state index in [2.05, 4.69) is 10.6 Å². The molecular formula is C19H19F2N3O2. The van der Waals surface area contributed by atoms with Gasteiger partial charge in [-0.25, -0.2) is 13.6 Å². The maximum Gasteiger partial charge on any atom is 0.319 e. The first-order valence-corrected chi connectivity index (χ1v) is 8.39. The van der Waals surface area contributed by atoms with Crippen molar-refractivity contribution in [2.45, 2.75) is 18.9 Å². The highest BCUT2D eigenvalue weighted by Gasteiger charge is 2.25. The van der Waals surface area contributed by atoms with Crippen LogP contribution in [0.25, 0.3) is 0 Å². The average molecular weight is 359 g/mol. The zero-order chi connectivity index (χ0) is 18.5. The van der Waals surface area contributed by atoms with Gasteiger partial charge in [-0.15, -0.1) is 0 Å². The second-order valence-corrected chi connectivity index (χ2v) is 6.20. The normalized spacial score (nSPS) is 16.8. The zero-order valence-electron chi connectivity index (χ0n) is 14.0. The van der Waals surface area contributed by atoms with E-state index in [9.17, 15) is 18.4 Å². The van der Waals surface area contributed by atoms with Gasteiger partial charge >= 0.3 is 6.03 Å². The molecule has 2 N–H and O–H groups in total. The van der Waals surface area contributed by atoms with Crippen molar-refractivity contribution in [3.63, 3.8) is 0 Å². The number of halogens is 2. The Bertz CT molecular complexity index is 778. The highest BCUT2D eigenvalue weighted by molar-refractivity contribution is 5.94. The summed E-state index contributed by atoms with van der Waals surface area (Å²) in [5, 5.41) is 5.47. The van der Waals surface area contributed by atoms with Crippen molar-refractivity contribution in [3.8, 4) is 0 Å². The Morgan fingerprint density at radius 1 is 0.962 bits per heavy atom. The van der Waals surface area contributed by atoms with E-state index in [4.69, 9.17) is 0 Å². The molecule has 1 aliphatic rings. The molecule has 0 aliphatic carbocycles. The molecule has 2 aromatic carbocycles. The summed E-state index contributed by atoms with van der Waals surface area (Å²) in [5.74, 6) is -0.953. The molecule has 26 heavy (non-hydrogen) atoms. The monoisotopic (exact) mass is 359 g/mol. The number of benzene rings is 2. The van der Waals surface area contributed by atoms with Crippen LogP contribution in [0, 0.1) is 11.6 Å². The van der Waals surface area contributed by atoms with Gasteiger partial charge in [0.1, 0.15) is 11.6 Å². The predicted molar refractivity (Wildman–Crippen MR) is 93.9 cm³/mol.